The maximum atomic E-state index is 14.0. The van der Waals surface area contributed by atoms with E-state index in [0.717, 1.165) is 37.0 Å². The van der Waals surface area contributed by atoms with Crippen molar-refractivity contribution in [2.75, 3.05) is 53.1 Å². The molecule has 3 aromatic rings. The normalized spacial score (nSPS) is 16.1. The smallest absolute Gasteiger partial charge is 0.335 e. The number of amides is 1. The molecule has 0 aliphatic carbocycles. The molecule has 2 heterocycles. The third kappa shape index (κ3) is 8.51. The van der Waals surface area contributed by atoms with Gasteiger partial charge >= 0.3 is 11.9 Å². The van der Waals surface area contributed by atoms with Crippen molar-refractivity contribution in [3.8, 4) is 28.4 Å². The van der Waals surface area contributed by atoms with Gasteiger partial charge in [0.2, 0.25) is 0 Å². The highest BCUT2D eigenvalue weighted by Crippen LogP contribution is 2.36. The van der Waals surface area contributed by atoms with E-state index in [0.29, 0.717) is 48.8 Å². The van der Waals surface area contributed by atoms with Crippen LogP contribution in [0.4, 0.5) is 8.78 Å². The number of halogens is 2. The lowest BCUT2D eigenvalue weighted by Crippen LogP contribution is -2.38. The van der Waals surface area contributed by atoms with Crippen molar-refractivity contribution in [1.82, 2.24) is 9.80 Å². The standard InChI is InChI=1S/C33H30F2N2O8S2/c1-42-28-18-22(32(40)41)4-7-27(28)45-30(38)8-9-37-31(39)29(47-33(37)46)19-23-16-20(21-2-5-24(34)25(35)17-21)3-6-26(23)44-15-12-36-10-13-43-14-11-36/h2-7,16-19H,8-15H2,1H3,(H,40,41)/b29-19-. The average Bonchev–Trinajstić information content (AvgIpc) is 3.33. The number of carbonyl (C=O) groups is 3. The van der Waals surface area contributed by atoms with Gasteiger partial charge in [-0.15, -0.1) is 0 Å². The molecule has 3 aromatic carbocycles. The number of hydrogen-bond acceptors (Lipinski definition) is 10. The van der Waals surface area contributed by atoms with Crippen LogP contribution in [0.5, 0.6) is 17.2 Å². The Labute approximate surface area is 278 Å². The average molecular weight is 685 g/mol. The first-order chi connectivity index (χ1) is 22.6. The molecule has 10 nitrogen and oxygen atoms in total. The Bertz CT molecular complexity index is 1730. The lowest BCUT2D eigenvalue weighted by molar-refractivity contribution is -0.135. The number of carbonyl (C=O) groups excluding carboxylic acids is 2. The van der Waals surface area contributed by atoms with Crippen molar-refractivity contribution < 1.29 is 47.2 Å². The third-order valence-electron chi connectivity index (χ3n) is 7.37. The second kappa shape index (κ2) is 15.5. The molecule has 0 aromatic heterocycles. The zero-order valence-electron chi connectivity index (χ0n) is 25.2. The summed E-state index contributed by atoms with van der Waals surface area (Å²) in [7, 11) is 1.32. The summed E-state index contributed by atoms with van der Waals surface area (Å²) in [5.41, 5.74) is 1.53. The van der Waals surface area contributed by atoms with Gasteiger partial charge in [0.25, 0.3) is 5.91 Å². The molecule has 246 valence electrons. The lowest BCUT2D eigenvalue weighted by atomic mass is 10.0. The van der Waals surface area contributed by atoms with Crippen molar-refractivity contribution in [3.05, 3.63) is 82.3 Å². The molecule has 47 heavy (non-hydrogen) atoms. The Morgan fingerprint density at radius 1 is 0.979 bits per heavy atom. The van der Waals surface area contributed by atoms with Gasteiger partial charge < -0.3 is 24.1 Å². The van der Waals surface area contributed by atoms with Crippen LogP contribution < -0.4 is 14.2 Å². The number of thiocarbonyl (C=S) groups is 1. The van der Waals surface area contributed by atoms with Gasteiger partial charge in [0.1, 0.15) is 16.7 Å². The fourth-order valence-corrected chi connectivity index (χ4v) is 6.15. The summed E-state index contributed by atoms with van der Waals surface area (Å²) in [6.45, 7) is 3.88. The first-order valence-electron chi connectivity index (χ1n) is 14.5. The van der Waals surface area contributed by atoms with E-state index in [1.165, 1.54) is 36.3 Å². The molecule has 0 radical (unpaired) electrons. The highest BCUT2D eigenvalue weighted by molar-refractivity contribution is 8.26. The molecule has 2 saturated heterocycles. The van der Waals surface area contributed by atoms with Gasteiger partial charge in [0, 0.05) is 31.7 Å². The van der Waals surface area contributed by atoms with Gasteiger partial charge in [-0.1, -0.05) is 36.1 Å². The van der Waals surface area contributed by atoms with Gasteiger partial charge in [0.15, 0.2) is 23.1 Å². The highest BCUT2D eigenvalue weighted by Gasteiger charge is 2.33. The topological polar surface area (TPSA) is 115 Å². The number of morpholine rings is 1. The number of methoxy groups -OCH3 is 1. The maximum absolute atomic E-state index is 14.0. The van der Waals surface area contributed by atoms with Crippen LogP contribution >= 0.6 is 24.0 Å². The number of aromatic carboxylic acids is 1. The predicted molar refractivity (Wildman–Crippen MR) is 175 cm³/mol. The number of benzene rings is 3. The molecule has 0 saturated carbocycles. The molecule has 0 spiro atoms. The highest BCUT2D eigenvalue weighted by atomic mass is 32.2. The third-order valence-corrected chi connectivity index (χ3v) is 8.74. The van der Waals surface area contributed by atoms with Crippen molar-refractivity contribution in [2.24, 2.45) is 0 Å². The summed E-state index contributed by atoms with van der Waals surface area (Å²) in [5.74, 6) is -3.61. The summed E-state index contributed by atoms with van der Waals surface area (Å²) in [5, 5.41) is 9.18. The van der Waals surface area contributed by atoms with E-state index < -0.39 is 29.5 Å². The SMILES string of the molecule is COc1cc(C(=O)O)ccc1OC(=O)CCN1C(=O)/C(=C/c2cc(-c3ccc(F)c(F)c3)ccc2OCCN2CCOCC2)SC1=S. The van der Waals surface area contributed by atoms with Crippen LogP contribution in [0.1, 0.15) is 22.3 Å². The van der Waals surface area contributed by atoms with E-state index in [1.54, 1.807) is 24.3 Å². The summed E-state index contributed by atoms with van der Waals surface area (Å²) in [6, 6.07) is 12.6. The van der Waals surface area contributed by atoms with Crippen molar-refractivity contribution in [3.63, 3.8) is 0 Å². The Morgan fingerprint density at radius 2 is 1.70 bits per heavy atom. The summed E-state index contributed by atoms with van der Waals surface area (Å²) in [4.78, 5) is 41.1. The minimum absolute atomic E-state index is 0.0352. The minimum Gasteiger partial charge on any atom is -0.493 e. The van der Waals surface area contributed by atoms with E-state index in [1.807, 2.05) is 0 Å². The zero-order chi connectivity index (χ0) is 33.5. The lowest BCUT2D eigenvalue weighted by Gasteiger charge is -2.26. The van der Waals surface area contributed by atoms with Gasteiger partial charge in [-0.3, -0.25) is 19.4 Å². The van der Waals surface area contributed by atoms with Crippen LogP contribution in [0.25, 0.3) is 17.2 Å². The second-order valence-electron chi connectivity index (χ2n) is 10.4. The van der Waals surface area contributed by atoms with Crippen LogP contribution in [0.3, 0.4) is 0 Å². The molecule has 0 bridgehead atoms. The van der Waals surface area contributed by atoms with Crippen LogP contribution in [0, 0.1) is 11.6 Å². The number of carboxylic acid groups (broad SMARTS) is 1. The molecular formula is C33H30F2N2O8S2. The van der Waals surface area contributed by atoms with E-state index in [9.17, 15) is 28.3 Å². The molecular weight excluding hydrogens is 654 g/mol. The quantitative estimate of drug-likeness (QED) is 0.117. The molecule has 14 heteroatoms. The van der Waals surface area contributed by atoms with Gasteiger partial charge in [0.05, 0.1) is 37.2 Å². The first kappa shape index (κ1) is 34.0. The molecule has 1 N–H and O–H groups in total. The first-order valence-corrected chi connectivity index (χ1v) is 15.7. The predicted octanol–water partition coefficient (Wildman–Crippen LogP) is 5.25. The van der Waals surface area contributed by atoms with Crippen molar-refractivity contribution >= 4 is 52.2 Å². The molecule has 1 amide bonds. The number of carboxylic acids is 1. The molecule has 2 fully saturated rings. The summed E-state index contributed by atoms with van der Waals surface area (Å²) in [6.07, 6.45) is 1.42. The second-order valence-corrected chi connectivity index (χ2v) is 12.1. The molecule has 0 unspecified atom stereocenters. The Balaban J connectivity index is 1.31. The fraction of sp³-hybridized carbons (Fsp3) is 0.273. The minimum atomic E-state index is -1.16. The van der Waals surface area contributed by atoms with E-state index >= 15 is 0 Å². The number of esters is 1. The van der Waals surface area contributed by atoms with Gasteiger partial charge in [-0.25, -0.2) is 13.6 Å². The summed E-state index contributed by atoms with van der Waals surface area (Å²) < 4.78 is 49.9. The van der Waals surface area contributed by atoms with Gasteiger partial charge in [-0.05, 0) is 59.7 Å². The molecule has 2 aliphatic heterocycles. The zero-order valence-corrected chi connectivity index (χ0v) is 26.8. The number of rotatable bonds is 12. The van der Waals surface area contributed by atoms with Crippen LogP contribution in [0.2, 0.25) is 0 Å². The number of thioether (sulfide) groups is 1. The van der Waals surface area contributed by atoms with E-state index in [2.05, 4.69) is 4.90 Å². The fourth-order valence-electron chi connectivity index (χ4n) is 4.85. The van der Waals surface area contributed by atoms with Crippen LogP contribution in [-0.4, -0.2) is 90.2 Å². The van der Waals surface area contributed by atoms with Crippen LogP contribution in [-0.2, 0) is 14.3 Å². The maximum Gasteiger partial charge on any atom is 0.335 e. The van der Waals surface area contributed by atoms with E-state index in [-0.39, 0.29) is 39.3 Å². The Hall–Kier alpha value is -4.37. The van der Waals surface area contributed by atoms with Gasteiger partial charge in [-0.2, -0.15) is 0 Å². The monoisotopic (exact) mass is 684 g/mol. The number of ether oxygens (including phenoxy) is 4. The molecule has 0 atom stereocenters. The molecule has 2 aliphatic rings. The van der Waals surface area contributed by atoms with Crippen LogP contribution in [0.15, 0.2) is 59.5 Å². The molecule has 5 rings (SSSR count). The largest absolute Gasteiger partial charge is 0.493 e. The summed E-state index contributed by atoms with van der Waals surface area (Å²) >= 11 is 6.51. The number of nitrogens with zero attached hydrogens (tertiary/aromatic N) is 2. The van der Waals surface area contributed by atoms with Crippen molar-refractivity contribution in [1.29, 1.82) is 0 Å². The van der Waals surface area contributed by atoms with E-state index in [4.69, 9.17) is 31.2 Å². The Kier molecular flexibility index (Phi) is 11.2. The Morgan fingerprint density at radius 3 is 2.43 bits per heavy atom. The number of hydrogen-bond donors (Lipinski definition) is 1. The van der Waals surface area contributed by atoms with Crippen molar-refractivity contribution in [2.45, 2.75) is 6.42 Å².